The Morgan fingerprint density at radius 1 is 1.15 bits per heavy atom. The summed E-state index contributed by atoms with van der Waals surface area (Å²) in [6, 6.07) is 4.63. The number of benzene rings is 1. The Kier molecular flexibility index (Phi) is 6.74. The quantitative estimate of drug-likeness (QED) is 0.698. The molecule has 0 radical (unpaired) electrons. The van der Waals surface area contributed by atoms with Crippen molar-refractivity contribution in [2.75, 3.05) is 31.6 Å². The molecule has 1 aromatic rings. The standard InChI is InChI=1S/C12H14Cl2N2O4/c13-8-2-1-3-9(10(8)14)15-11(19)12(20)16(4-6-17)5-7-18/h1-3,17-18H,4-7H2,(H,15,19). The van der Waals surface area contributed by atoms with Gasteiger partial charge in [-0.15, -0.1) is 0 Å². The lowest BCUT2D eigenvalue weighted by Gasteiger charge is -2.20. The molecule has 6 nitrogen and oxygen atoms in total. The van der Waals surface area contributed by atoms with E-state index >= 15 is 0 Å². The molecule has 3 N–H and O–H groups in total. The Morgan fingerprint density at radius 3 is 2.30 bits per heavy atom. The second-order valence-corrected chi connectivity index (χ2v) is 4.58. The van der Waals surface area contributed by atoms with Gasteiger partial charge in [-0.25, -0.2) is 0 Å². The number of nitrogens with zero attached hydrogens (tertiary/aromatic N) is 1. The van der Waals surface area contributed by atoms with E-state index in [1.807, 2.05) is 0 Å². The first-order valence-electron chi connectivity index (χ1n) is 5.77. The number of halogens is 2. The van der Waals surface area contributed by atoms with E-state index in [0.29, 0.717) is 0 Å². The summed E-state index contributed by atoms with van der Waals surface area (Å²) in [7, 11) is 0. The summed E-state index contributed by atoms with van der Waals surface area (Å²) >= 11 is 11.7. The van der Waals surface area contributed by atoms with Crippen LogP contribution in [0.25, 0.3) is 0 Å². The van der Waals surface area contributed by atoms with Crippen LogP contribution in [0.3, 0.4) is 0 Å². The van der Waals surface area contributed by atoms with Gasteiger partial charge in [0.25, 0.3) is 0 Å². The second-order valence-electron chi connectivity index (χ2n) is 3.79. The third-order valence-corrected chi connectivity index (χ3v) is 3.24. The Hall–Kier alpha value is -1.34. The first-order valence-corrected chi connectivity index (χ1v) is 6.52. The molecule has 0 atom stereocenters. The summed E-state index contributed by atoms with van der Waals surface area (Å²) < 4.78 is 0. The van der Waals surface area contributed by atoms with Crippen LogP contribution < -0.4 is 5.32 Å². The highest BCUT2D eigenvalue weighted by Gasteiger charge is 2.22. The molecule has 0 unspecified atom stereocenters. The molecule has 20 heavy (non-hydrogen) atoms. The highest BCUT2D eigenvalue weighted by Crippen LogP contribution is 2.29. The van der Waals surface area contributed by atoms with Crippen molar-refractivity contribution in [3.8, 4) is 0 Å². The van der Waals surface area contributed by atoms with Crippen molar-refractivity contribution in [3.63, 3.8) is 0 Å². The molecule has 0 aromatic heterocycles. The first-order chi connectivity index (χ1) is 9.51. The van der Waals surface area contributed by atoms with E-state index in [-0.39, 0.29) is 42.0 Å². The number of carbonyl (C=O) groups is 2. The predicted molar refractivity (Wildman–Crippen MR) is 75.8 cm³/mol. The number of aliphatic hydroxyl groups excluding tert-OH is 2. The molecule has 110 valence electrons. The Balaban J connectivity index is 2.79. The van der Waals surface area contributed by atoms with Crippen molar-refractivity contribution in [3.05, 3.63) is 28.2 Å². The summed E-state index contributed by atoms with van der Waals surface area (Å²) in [6.45, 7) is -0.708. The molecule has 0 aliphatic rings. The number of hydrogen-bond acceptors (Lipinski definition) is 4. The molecule has 2 amide bonds. The number of aliphatic hydroxyl groups is 2. The molecule has 0 aliphatic carbocycles. The van der Waals surface area contributed by atoms with Crippen LogP contribution >= 0.6 is 23.2 Å². The van der Waals surface area contributed by atoms with Gasteiger partial charge in [0.05, 0.1) is 28.9 Å². The fourth-order valence-corrected chi connectivity index (χ4v) is 1.82. The normalized spacial score (nSPS) is 10.2. The minimum Gasteiger partial charge on any atom is -0.395 e. The molecule has 0 heterocycles. The number of nitrogens with one attached hydrogen (secondary N) is 1. The van der Waals surface area contributed by atoms with Gasteiger partial charge in [-0.2, -0.15) is 0 Å². The van der Waals surface area contributed by atoms with Gasteiger partial charge < -0.3 is 20.4 Å². The minimum absolute atomic E-state index is 0.0455. The highest BCUT2D eigenvalue weighted by molar-refractivity contribution is 6.45. The highest BCUT2D eigenvalue weighted by atomic mass is 35.5. The van der Waals surface area contributed by atoms with E-state index in [4.69, 9.17) is 33.4 Å². The number of carbonyl (C=O) groups excluding carboxylic acids is 2. The van der Waals surface area contributed by atoms with E-state index in [1.54, 1.807) is 12.1 Å². The third-order valence-electron chi connectivity index (χ3n) is 2.42. The molecule has 0 bridgehead atoms. The van der Waals surface area contributed by atoms with Crippen LogP contribution in [-0.4, -0.2) is 53.2 Å². The molecule has 1 rings (SSSR count). The summed E-state index contributed by atoms with van der Waals surface area (Å²) in [6.07, 6.45) is 0. The van der Waals surface area contributed by atoms with Gasteiger partial charge in [-0.1, -0.05) is 29.3 Å². The summed E-state index contributed by atoms with van der Waals surface area (Å²) in [5, 5.41) is 20.4. The van der Waals surface area contributed by atoms with E-state index in [9.17, 15) is 9.59 Å². The van der Waals surface area contributed by atoms with Gasteiger partial charge in [0.2, 0.25) is 0 Å². The van der Waals surface area contributed by atoms with Gasteiger partial charge in [0, 0.05) is 13.1 Å². The zero-order chi connectivity index (χ0) is 15.1. The molecule has 8 heteroatoms. The minimum atomic E-state index is -0.920. The molecular weight excluding hydrogens is 307 g/mol. The molecule has 0 aliphatic heterocycles. The average Bonchev–Trinajstić information content (AvgIpc) is 2.42. The number of anilines is 1. The maximum Gasteiger partial charge on any atom is 0.313 e. The maximum absolute atomic E-state index is 11.8. The van der Waals surface area contributed by atoms with Crippen LogP contribution in [0.2, 0.25) is 10.0 Å². The van der Waals surface area contributed by atoms with Crippen molar-refractivity contribution < 1.29 is 19.8 Å². The molecule has 0 spiro atoms. The Bertz CT molecular complexity index is 490. The Labute approximate surface area is 125 Å². The van der Waals surface area contributed by atoms with Gasteiger partial charge in [0.15, 0.2) is 0 Å². The molecular formula is C12H14Cl2N2O4. The smallest absolute Gasteiger partial charge is 0.313 e. The van der Waals surface area contributed by atoms with Crippen molar-refractivity contribution in [2.45, 2.75) is 0 Å². The maximum atomic E-state index is 11.8. The summed E-state index contributed by atoms with van der Waals surface area (Å²) in [5.74, 6) is -1.79. The van der Waals surface area contributed by atoms with Crippen molar-refractivity contribution in [2.24, 2.45) is 0 Å². The van der Waals surface area contributed by atoms with Crippen LogP contribution in [0, 0.1) is 0 Å². The fourth-order valence-electron chi connectivity index (χ4n) is 1.48. The lowest BCUT2D eigenvalue weighted by Crippen LogP contribution is -2.42. The van der Waals surface area contributed by atoms with E-state index in [2.05, 4.69) is 5.32 Å². The van der Waals surface area contributed by atoms with E-state index in [0.717, 1.165) is 4.90 Å². The van der Waals surface area contributed by atoms with Gasteiger partial charge in [0.1, 0.15) is 0 Å². The van der Waals surface area contributed by atoms with Crippen LogP contribution in [0.5, 0.6) is 0 Å². The first kappa shape index (κ1) is 16.7. The van der Waals surface area contributed by atoms with Crippen LogP contribution in [0.1, 0.15) is 0 Å². The van der Waals surface area contributed by atoms with Crippen LogP contribution in [-0.2, 0) is 9.59 Å². The fraction of sp³-hybridized carbons (Fsp3) is 0.333. The van der Waals surface area contributed by atoms with E-state index in [1.165, 1.54) is 6.07 Å². The number of hydrogen-bond donors (Lipinski definition) is 3. The number of amides is 2. The van der Waals surface area contributed by atoms with Gasteiger partial charge in [-0.05, 0) is 12.1 Å². The zero-order valence-electron chi connectivity index (χ0n) is 10.5. The lowest BCUT2D eigenvalue weighted by atomic mass is 10.3. The average molecular weight is 321 g/mol. The number of rotatable bonds is 5. The Morgan fingerprint density at radius 2 is 1.75 bits per heavy atom. The van der Waals surface area contributed by atoms with Gasteiger partial charge in [-0.3, -0.25) is 9.59 Å². The van der Waals surface area contributed by atoms with Crippen molar-refractivity contribution in [1.29, 1.82) is 0 Å². The largest absolute Gasteiger partial charge is 0.395 e. The van der Waals surface area contributed by atoms with E-state index < -0.39 is 11.8 Å². The molecule has 0 fully saturated rings. The summed E-state index contributed by atoms with van der Waals surface area (Å²) in [5.41, 5.74) is 0.213. The molecule has 1 aromatic carbocycles. The van der Waals surface area contributed by atoms with Crippen molar-refractivity contribution in [1.82, 2.24) is 4.90 Å². The molecule has 0 saturated heterocycles. The summed E-state index contributed by atoms with van der Waals surface area (Å²) in [4.78, 5) is 24.7. The SMILES string of the molecule is O=C(Nc1cccc(Cl)c1Cl)C(=O)N(CCO)CCO. The predicted octanol–water partition coefficient (Wildman–Crippen LogP) is 0.745. The van der Waals surface area contributed by atoms with Gasteiger partial charge >= 0.3 is 11.8 Å². The third kappa shape index (κ3) is 4.35. The zero-order valence-corrected chi connectivity index (χ0v) is 12.0. The topological polar surface area (TPSA) is 89.9 Å². The molecule has 0 saturated carbocycles. The second kappa shape index (κ2) is 8.06. The van der Waals surface area contributed by atoms with Crippen LogP contribution in [0.15, 0.2) is 18.2 Å². The monoisotopic (exact) mass is 320 g/mol. The van der Waals surface area contributed by atoms with Crippen LogP contribution in [0.4, 0.5) is 5.69 Å². The lowest BCUT2D eigenvalue weighted by molar-refractivity contribution is -0.143. The van der Waals surface area contributed by atoms with Crippen molar-refractivity contribution >= 4 is 40.7 Å².